The summed E-state index contributed by atoms with van der Waals surface area (Å²) >= 11 is 1.59. The summed E-state index contributed by atoms with van der Waals surface area (Å²) in [5.74, 6) is 0.783. The quantitative estimate of drug-likeness (QED) is 0.661. The lowest BCUT2D eigenvalue weighted by molar-refractivity contribution is -0.127. The highest BCUT2D eigenvalue weighted by molar-refractivity contribution is 8.00. The van der Waals surface area contributed by atoms with Crippen LogP contribution in [0.5, 0.6) is 0 Å². The van der Waals surface area contributed by atoms with Crippen molar-refractivity contribution in [2.45, 2.75) is 24.7 Å². The molecule has 0 aromatic heterocycles. The highest BCUT2D eigenvalue weighted by Crippen LogP contribution is 2.23. The molecule has 2 rings (SSSR count). The van der Waals surface area contributed by atoms with E-state index in [1.165, 1.54) is 0 Å². The van der Waals surface area contributed by atoms with Crippen molar-refractivity contribution in [1.82, 2.24) is 4.90 Å². The number of hydrogen-bond donors (Lipinski definition) is 1. The maximum absolute atomic E-state index is 11.9. The van der Waals surface area contributed by atoms with E-state index < -0.39 is 0 Å². The second kappa shape index (κ2) is 5.45. The Bertz CT molecular complexity index is 414. The van der Waals surface area contributed by atoms with Crippen LogP contribution in [0.3, 0.4) is 0 Å². The van der Waals surface area contributed by atoms with E-state index in [-0.39, 0.29) is 5.91 Å². The molecule has 1 heterocycles. The predicted molar refractivity (Wildman–Crippen MR) is 72.1 cm³/mol. The SMILES string of the molecule is Cc1cc(SCC(=O)N2CCCC2)ccc1N. The van der Waals surface area contributed by atoms with Gasteiger partial charge in [0, 0.05) is 23.7 Å². The molecule has 4 heteroatoms. The Balaban J connectivity index is 1.88. The molecule has 1 aliphatic heterocycles. The number of carbonyl (C=O) groups is 1. The van der Waals surface area contributed by atoms with E-state index in [1.807, 2.05) is 30.0 Å². The Morgan fingerprint density at radius 1 is 1.41 bits per heavy atom. The Labute approximate surface area is 106 Å². The van der Waals surface area contributed by atoms with Crippen LogP contribution in [0.4, 0.5) is 5.69 Å². The zero-order valence-corrected chi connectivity index (χ0v) is 10.9. The van der Waals surface area contributed by atoms with Crippen LogP contribution in [-0.2, 0) is 4.79 Å². The van der Waals surface area contributed by atoms with Crippen molar-refractivity contribution < 1.29 is 4.79 Å². The zero-order valence-electron chi connectivity index (χ0n) is 10.1. The fraction of sp³-hybridized carbons (Fsp3) is 0.462. The first-order chi connectivity index (χ1) is 8.16. The summed E-state index contributed by atoms with van der Waals surface area (Å²) in [6, 6.07) is 5.92. The second-order valence-electron chi connectivity index (χ2n) is 4.39. The molecule has 0 radical (unpaired) electrons. The van der Waals surface area contributed by atoms with E-state index in [4.69, 9.17) is 5.73 Å². The van der Waals surface area contributed by atoms with E-state index >= 15 is 0 Å². The monoisotopic (exact) mass is 250 g/mol. The summed E-state index contributed by atoms with van der Waals surface area (Å²) in [4.78, 5) is 14.9. The molecule has 0 atom stereocenters. The summed E-state index contributed by atoms with van der Waals surface area (Å²) in [6.45, 7) is 3.85. The molecule has 2 N–H and O–H groups in total. The number of nitrogens with two attached hydrogens (primary N) is 1. The first-order valence-corrected chi connectivity index (χ1v) is 6.92. The van der Waals surface area contributed by atoms with Gasteiger partial charge >= 0.3 is 0 Å². The van der Waals surface area contributed by atoms with E-state index in [2.05, 4.69) is 0 Å². The largest absolute Gasteiger partial charge is 0.399 e. The molecule has 0 bridgehead atoms. The molecule has 1 aromatic rings. The summed E-state index contributed by atoms with van der Waals surface area (Å²) in [7, 11) is 0. The van der Waals surface area contributed by atoms with Gasteiger partial charge in [-0.2, -0.15) is 0 Å². The minimum absolute atomic E-state index is 0.252. The van der Waals surface area contributed by atoms with Crippen molar-refractivity contribution >= 4 is 23.4 Å². The molecule has 92 valence electrons. The molecule has 0 unspecified atom stereocenters. The van der Waals surface area contributed by atoms with Gasteiger partial charge in [-0.3, -0.25) is 4.79 Å². The number of hydrogen-bond acceptors (Lipinski definition) is 3. The van der Waals surface area contributed by atoms with E-state index in [9.17, 15) is 4.79 Å². The number of nitrogen functional groups attached to an aromatic ring is 1. The normalized spacial score (nSPS) is 15.2. The number of benzene rings is 1. The molecule has 1 amide bonds. The number of carbonyl (C=O) groups excluding carboxylic acids is 1. The molecule has 0 saturated carbocycles. The van der Waals surface area contributed by atoms with Crippen LogP contribution in [0.2, 0.25) is 0 Å². The highest BCUT2D eigenvalue weighted by Gasteiger charge is 2.17. The van der Waals surface area contributed by atoms with Crippen LogP contribution in [0, 0.1) is 6.92 Å². The summed E-state index contributed by atoms with van der Waals surface area (Å²) in [5, 5.41) is 0. The fourth-order valence-corrected chi connectivity index (χ4v) is 2.84. The molecule has 3 nitrogen and oxygen atoms in total. The van der Waals surface area contributed by atoms with Crippen LogP contribution in [0.25, 0.3) is 0 Å². The van der Waals surface area contributed by atoms with Gasteiger partial charge in [0.25, 0.3) is 0 Å². The number of rotatable bonds is 3. The van der Waals surface area contributed by atoms with E-state index in [1.54, 1.807) is 11.8 Å². The van der Waals surface area contributed by atoms with Gasteiger partial charge in [-0.15, -0.1) is 11.8 Å². The van der Waals surface area contributed by atoms with Crippen LogP contribution >= 0.6 is 11.8 Å². The predicted octanol–water partition coefficient (Wildman–Crippen LogP) is 2.29. The van der Waals surface area contributed by atoms with Gasteiger partial charge in [-0.1, -0.05) is 0 Å². The summed E-state index contributed by atoms with van der Waals surface area (Å²) in [6.07, 6.45) is 2.30. The Kier molecular flexibility index (Phi) is 3.94. The molecule has 1 aliphatic rings. The standard InChI is InChI=1S/C13H18N2OS/c1-10-8-11(4-5-12(10)14)17-9-13(16)15-6-2-3-7-15/h4-5,8H,2-3,6-7,9,14H2,1H3. The number of likely N-dealkylation sites (tertiary alicyclic amines) is 1. The van der Waals surface area contributed by atoms with Crippen LogP contribution in [0.15, 0.2) is 23.1 Å². The molecular formula is C13H18N2OS. The number of aryl methyl sites for hydroxylation is 1. The topological polar surface area (TPSA) is 46.3 Å². The third-order valence-electron chi connectivity index (χ3n) is 3.06. The Morgan fingerprint density at radius 3 is 2.76 bits per heavy atom. The maximum Gasteiger partial charge on any atom is 0.232 e. The molecule has 1 aromatic carbocycles. The number of thioether (sulfide) groups is 1. The third kappa shape index (κ3) is 3.16. The maximum atomic E-state index is 11.9. The molecule has 1 fully saturated rings. The lowest BCUT2D eigenvalue weighted by Crippen LogP contribution is -2.29. The van der Waals surface area contributed by atoms with Crippen molar-refractivity contribution in [3.05, 3.63) is 23.8 Å². The van der Waals surface area contributed by atoms with E-state index in [0.29, 0.717) is 5.75 Å². The van der Waals surface area contributed by atoms with Gasteiger partial charge in [-0.25, -0.2) is 0 Å². The van der Waals surface area contributed by atoms with E-state index in [0.717, 1.165) is 42.1 Å². The first kappa shape index (κ1) is 12.3. The molecular weight excluding hydrogens is 232 g/mol. The van der Waals surface area contributed by atoms with Gasteiger partial charge < -0.3 is 10.6 Å². The van der Waals surface area contributed by atoms with Gasteiger partial charge in [0.1, 0.15) is 0 Å². The van der Waals surface area contributed by atoms with Gasteiger partial charge in [0.05, 0.1) is 5.75 Å². The minimum Gasteiger partial charge on any atom is -0.399 e. The molecule has 0 aliphatic carbocycles. The fourth-order valence-electron chi connectivity index (χ4n) is 1.94. The lowest BCUT2D eigenvalue weighted by Gasteiger charge is -2.14. The molecule has 0 spiro atoms. The first-order valence-electron chi connectivity index (χ1n) is 5.93. The average Bonchev–Trinajstić information content (AvgIpc) is 2.84. The Morgan fingerprint density at radius 2 is 2.12 bits per heavy atom. The number of nitrogens with zero attached hydrogens (tertiary/aromatic N) is 1. The minimum atomic E-state index is 0.252. The van der Waals surface area contributed by atoms with Gasteiger partial charge in [0.2, 0.25) is 5.91 Å². The molecule has 17 heavy (non-hydrogen) atoms. The van der Waals surface area contributed by atoms with Crippen LogP contribution in [-0.4, -0.2) is 29.6 Å². The van der Waals surface area contributed by atoms with Crippen molar-refractivity contribution in [2.24, 2.45) is 0 Å². The summed E-state index contributed by atoms with van der Waals surface area (Å²) in [5.41, 5.74) is 7.64. The second-order valence-corrected chi connectivity index (χ2v) is 5.44. The number of anilines is 1. The smallest absolute Gasteiger partial charge is 0.232 e. The molecule has 1 saturated heterocycles. The van der Waals surface area contributed by atoms with Gasteiger partial charge in [-0.05, 0) is 43.5 Å². The third-order valence-corrected chi connectivity index (χ3v) is 4.04. The van der Waals surface area contributed by atoms with Crippen molar-refractivity contribution in [2.75, 3.05) is 24.6 Å². The number of amides is 1. The van der Waals surface area contributed by atoms with Crippen molar-refractivity contribution in [3.63, 3.8) is 0 Å². The highest BCUT2D eigenvalue weighted by atomic mass is 32.2. The van der Waals surface area contributed by atoms with Crippen LogP contribution in [0.1, 0.15) is 18.4 Å². The van der Waals surface area contributed by atoms with Crippen LogP contribution < -0.4 is 5.73 Å². The van der Waals surface area contributed by atoms with Crippen molar-refractivity contribution in [1.29, 1.82) is 0 Å². The zero-order chi connectivity index (χ0) is 12.3. The lowest BCUT2D eigenvalue weighted by atomic mass is 10.2. The van der Waals surface area contributed by atoms with Gasteiger partial charge in [0.15, 0.2) is 0 Å². The summed E-state index contributed by atoms with van der Waals surface area (Å²) < 4.78 is 0. The van der Waals surface area contributed by atoms with Crippen molar-refractivity contribution in [3.8, 4) is 0 Å². The average molecular weight is 250 g/mol. The Hall–Kier alpha value is -1.16.